The number of urea groups is 1. The van der Waals surface area contributed by atoms with Crippen LogP contribution in [-0.2, 0) is 26.4 Å². The summed E-state index contributed by atoms with van der Waals surface area (Å²) < 4.78 is 33.6. The Labute approximate surface area is 232 Å². The fraction of sp³-hybridized carbons (Fsp3) is 0.286. The first-order chi connectivity index (χ1) is 19.3. The Balaban J connectivity index is 1.31. The summed E-state index contributed by atoms with van der Waals surface area (Å²) in [4.78, 5) is 24.4. The fourth-order valence-corrected chi connectivity index (χ4v) is 6.82. The highest BCUT2D eigenvalue weighted by molar-refractivity contribution is 7.92. The molecule has 1 saturated carbocycles. The molecule has 2 N–H and O–H groups in total. The minimum Gasteiger partial charge on any atom is -0.378 e. The smallest absolute Gasteiger partial charge is 0.323 e. The van der Waals surface area contributed by atoms with E-state index in [-0.39, 0.29) is 0 Å². The Kier molecular flexibility index (Phi) is 6.72. The van der Waals surface area contributed by atoms with Gasteiger partial charge in [0, 0.05) is 43.7 Å². The highest BCUT2D eigenvalue weighted by Crippen LogP contribution is 2.55. The molecule has 12 heteroatoms. The Bertz CT molecular complexity index is 1630. The van der Waals surface area contributed by atoms with Crippen LogP contribution in [0, 0.1) is 0 Å². The minimum absolute atomic E-state index is 0.292. The lowest BCUT2D eigenvalue weighted by Crippen LogP contribution is -2.37. The molecule has 0 unspecified atom stereocenters. The van der Waals surface area contributed by atoms with Crippen LogP contribution < -0.4 is 15.5 Å². The monoisotopic (exact) mass is 559 g/mol. The number of hydrogen-bond donors (Lipinski definition) is 2. The molecule has 2 amide bonds. The summed E-state index contributed by atoms with van der Waals surface area (Å²) in [5.41, 5.74) is 2.38. The van der Waals surface area contributed by atoms with Gasteiger partial charge in [-0.2, -0.15) is 5.10 Å². The number of aromatic nitrogens is 4. The molecule has 0 bridgehead atoms. The predicted molar refractivity (Wildman–Crippen MR) is 151 cm³/mol. The van der Waals surface area contributed by atoms with Crippen molar-refractivity contribution in [2.45, 2.75) is 22.5 Å². The number of benzene rings is 2. The van der Waals surface area contributed by atoms with E-state index in [0.29, 0.717) is 78.3 Å². The molecule has 0 spiro atoms. The van der Waals surface area contributed by atoms with Gasteiger partial charge in [-0.15, -0.1) is 0 Å². The normalized spacial score (nSPS) is 16.4. The SMILES string of the molecule is Cn1cc(NC(=O)Nc2ccc(-c3nc(N4CCOCC4)cc(C4(S(=O)(=O)c5ccccc5)CC4)n3)cc2)cn1. The highest BCUT2D eigenvalue weighted by Gasteiger charge is 2.58. The van der Waals surface area contributed by atoms with Crippen LogP contribution in [0.4, 0.5) is 22.0 Å². The Morgan fingerprint density at radius 2 is 1.65 bits per heavy atom. The van der Waals surface area contributed by atoms with Gasteiger partial charge in [-0.3, -0.25) is 4.68 Å². The van der Waals surface area contributed by atoms with Crippen LogP contribution >= 0.6 is 0 Å². The largest absolute Gasteiger partial charge is 0.378 e. The summed E-state index contributed by atoms with van der Waals surface area (Å²) in [5, 5.41) is 9.56. The topological polar surface area (TPSA) is 131 Å². The molecule has 2 aromatic heterocycles. The molecule has 11 nitrogen and oxygen atoms in total. The molecule has 6 rings (SSSR count). The van der Waals surface area contributed by atoms with Crippen molar-refractivity contribution in [3.63, 3.8) is 0 Å². The predicted octanol–water partition coefficient (Wildman–Crippen LogP) is 3.82. The fourth-order valence-electron chi connectivity index (χ4n) is 4.83. The average Bonchev–Trinajstić information content (AvgIpc) is 3.71. The van der Waals surface area contributed by atoms with Crippen LogP contribution in [0.2, 0.25) is 0 Å². The van der Waals surface area contributed by atoms with Crippen LogP contribution in [0.15, 0.2) is 78.0 Å². The molecule has 1 aliphatic heterocycles. The zero-order valence-electron chi connectivity index (χ0n) is 21.9. The molecule has 2 fully saturated rings. The highest BCUT2D eigenvalue weighted by atomic mass is 32.2. The molecule has 2 aliphatic rings. The van der Waals surface area contributed by atoms with Crippen LogP contribution in [0.3, 0.4) is 0 Å². The van der Waals surface area contributed by atoms with E-state index in [1.807, 2.05) is 18.2 Å². The van der Waals surface area contributed by atoms with Crippen molar-refractivity contribution in [1.29, 1.82) is 0 Å². The number of ether oxygens (including phenoxy) is 1. The van der Waals surface area contributed by atoms with Gasteiger partial charge < -0.3 is 20.3 Å². The van der Waals surface area contributed by atoms with Gasteiger partial charge in [0.1, 0.15) is 10.6 Å². The number of morpholine rings is 1. The van der Waals surface area contributed by atoms with Gasteiger partial charge in [-0.05, 0) is 49.2 Å². The van der Waals surface area contributed by atoms with Gasteiger partial charge >= 0.3 is 6.03 Å². The number of nitrogens with one attached hydrogen (secondary N) is 2. The number of sulfone groups is 1. The summed E-state index contributed by atoms with van der Waals surface area (Å²) >= 11 is 0. The lowest BCUT2D eigenvalue weighted by Gasteiger charge is -2.29. The van der Waals surface area contributed by atoms with E-state index >= 15 is 0 Å². The van der Waals surface area contributed by atoms with Crippen LogP contribution in [-0.4, -0.2) is 60.5 Å². The second-order valence-electron chi connectivity index (χ2n) is 9.90. The Morgan fingerprint density at radius 3 is 2.30 bits per heavy atom. The quantitative estimate of drug-likeness (QED) is 0.349. The summed E-state index contributed by atoms with van der Waals surface area (Å²) in [5.74, 6) is 1.11. The lowest BCUT2D eigenvalue weighted by molar-refractivity contribution is 0.122. The molecule has 2 aromatic carbocycles. The zero-order chi connectivity index (χ0) is 27.7. The standard InChI is InChI=1S/C28H29N7O4S/c1-34-19-22(18-29-34)31-27(36)30-21-9-7-20(8-10-21)26-32-24(17-25(33-26)35-13-15-39-16-14-35)28(11-12-28)40(37,38)23-5-3-2-4-6-23/h2-10,17-19H,11-16H2,1H3,(H2,30,31,36). The molecule has 1 saturated heterocycles. The van der Waals surface area contributed by atoms with Crippen LogP contribution in [0.1, 0.15) is 18.5 Å². The van der Waals surface area contributed by atoms with Crippen molar-refractivity contribution in [3.8, 4) is 11.4 Å². The molecule has 3 heterocycles. The third-order valence-electron chi connectivity index (χ3n) is 7.15. The summed E-state index contributed by atoms with van der Waals surface area (Å²) in [6.07, 6.45) is 4.25. The summed E-state index contributed by atoms with van der Waals surface area (Å²) in [6, 6.07) is 17.1. The molecule has 1 aliphatic carbocycles. The van der Waals surface area contributed by atoms with Crippen molar-refractivity contribution in [2.75, 3.05) is 41.8 Å². The van der Waals surface area contributed by atoms with Crippen molar-refractivity contribution < 1.29 is 17.9 Å². The van der Waals surface area contributed by atoms with Gasteiger partial charge in [0.25, 0.3) is 0 Å². The molecule has 40 heavy (non-hydrogen) atoms. The van der Waals surface area contributed by atoms with Gasteiger partial charge in [0.05, 0.1) is 35.7 Å². The number of hydrogen-bond acceptors (Lipinski definition) is 8. The van der Waals surface area contributed by atoms with E-state index in [9.17, 15) is 13.2 Å². The number of carbonyl (C=O) groups excluding carboxylic acids is 1. The summed E-state index contributed by atoms with van der Waals surface area (Å²) in [7, 11) is -1.90. The first-order valence-corrected chi connectivity index (χ1v) is 14.5. The molecule has 0 atom stereocenters. The number of aryl methyl sites for hydroxylation is 1. The number of anilines is 3. The average molecular weight is 560 g/mol. The van der Waals surface area contributed by atoms with Crippen molar-refractivity contribution in [1.82, 2.24) is 19.7 Å². The van der Waals surface area contributed by atoms with E-state index in [1.165, 1.54) is 0 Å². The van der Waals surface area contributed by atoms with Crippen molar-refractivity contribution in [2.24, 2.45) is 7.05 Å². The number of amides is 2. The first-order valence-electron chi connectivity index (χ1n) is 13.0. The Hall–Kier alpha value is -4.29. The lowest BCUT2D eigenvalue weighted by atomic mass is 10.1. The van der Waals surface area contributed by atoms with Gasteiger partial charge in [-0.1, -0.05) is 18.2 Å². The van der Waals surface area contributed by atoms with E-state index in [0.717, 1.165) is 0 Å². The van der Waals surface area contributed by atoms with E-state index in [1.54, 1.807) is 66.6 Å². The maximum atomic E-state index is 13.8. The van der Waals surface area contributed by atoms with Crippen LogP contribution in [0.5, 0.6) is 0 Å². The first kappa shape index (κ1) is 26.0. The van der Waals surface area contributed by atoms with E-state index in [2.05, 4.69) is 20.6 Å². The maximum absolute atomic E-state index is 13.8. The molecular weight excluding hydrogens is 530 g/mol. The van der Waals surface area contributed by atoms with Crippen molar-refractivity contribution >= 4 is 33.1 Å². The summed E-state index contributed by atoms with van der Waals surface area (Å²) in [6.45, 7) is 2.46. The number of rotatable bonds is 7. The van der Waals surface area contributed by atoms with Crippen LogP contribution in [0.25, 0.3) is 11.4 Å². The third-order valence-corrected chi connectivity index (χ3v) is 9.69. The number of carbonyl (C=O) groups is 1. The van der Waals surface area contributed by atoms with Crippen molar-refractivity contribution in [3.05, 3.63) is 78.8 Å². The Morgan fingerprint density at radius 1 is 0.950 bits per heavy atom. The number of nitrogens with zero attached hydrogens (tertiary/aromatic N) is 5. The maximum Gasteiger partial charge on any atom is 0.323 e. The van der Waals surface area contributed by atoms with E-state index < -0.39 is 20.6 Å². The third kappa shape index (κ3) is 5.03. The van der Waals surface area contributed by atoms with Gasteiger partial charge in [0.2, 0.25) is 0 Å². The second kappa shape index (κ2) is 10.4. The van der Waals surface area contributed by atoms with Gasteiger partial charge in [-0.25, -0.2) is 23.2 Å². The molecular formula is C28H29N7O4S. The molecule has 4 aromatic rings. The van der Waals surface area contributed by atoms with E-state index in [4.69, 9.17) is 14.7 Å². The minimum atomic E-state index is -3.67. The molecule has 206 valence electrons. The van der Waals surface area contributed by atoms with Gasteiger partial charge in [0.15, 0.2) is 15.7 Å². The molecule has 0 radical (unpaired) electrons. The second-order valence-corrected chi connectivity index (χ2v) is 12.2. The zero-order valence-corrected chi connectivity index (χ0v) is 22.8.